The van der Waals surface area contributed by atoms with E-state index in [0.717, 1.165) is 6.42 Å². The summed E-state index contributed by atoms with van der Waals surface area (Å²) in [4.78, 5) is 2.68. The van der Waals surface area contributed by atoms with Crippen LogP contribution in [0.4, 0.5) is 0 Å². The van der Waals surface area contributed by atoms with E-state index in [-0.39, 0.29) is 6.10 Å². The fourth-order valence-electron chi connectivity index (χ4n) is 4.34. The molecule has 2 N–H and O–H groups in total. The Morgan fingerprint density at radius 1 is 0.833 bits per heavy atom. The molecule has 2 heterocycles. The lowest BCUT2D eigenvalue weighted by Crippen LogP contribution is -2.57. The summed E-state index contributed by atoms with van der Waals surface area (Å²) in [6.07, 6.45) is 11.4. The summed E-state index contributed by atoms with van der Waals surface area (Å²) in [5, 5.41) is 14.0. The van der Waals surface area contributed by atoms with Gasteiger partial charge in [-0.15, -0.1) is 0 Å². The third-order valence-corrected chi connectivity index (χ3v) is 5.27. The molecule has 0 aromatic carbocycles. The van der Waals surface area contributed by atoms with Crippen molar-refractivity contribution in [1.82, 2.24) is 10.2 Å². The van der Waals surface area contributed by atoms with Crippen molar-refractivity contribution in [3.05, 3.63) is 0 Å². The molecular weight excluding hydrogens is 224 g/mol. The number of nitrogens with zero attached hydrogens (tertiary/aromatic N) is 1. The van der Waals surface area contributed by atoms with Crippen molar-refractivity contribution in [3.63, 3.8) is 0 Å². The van der Waals surface area contributed by atoms with E-state index in [0.29, 0.717) is 18.1 Å². The van der Waals surface area contributed by atoms with Crippen molar-refractivity contribution in [3.8, 4) is 0 Å². The van der Waals surface area contributed by atoms with Crippen LogP contribution in [0, 0.1) is 0 Å². The monoisotopic (exact) mass is 252 g/mol. The van der Waals surface area contributed by atoms with Gasteiger partial charge in [0.15, 0.2) is 0 Å². The molecule has 0 aromatic heterocycles. The smallest absolute Gasteiger partial charge is 0.0695 e. The molecule has 3 rings (SSSR count). The van der Waals surface area contributed by atoms with E-state index >= 15 is 0 Å². The van der Waals surface area contributed by atoms with E-state index in [1.165, 1.54) is 64.5 Å². The summed E-state index contributed by atoms with van der Waals surface area (Å²) < 4.78 is 0. The lowest BCUT2D eigenvalue weighted by molar-refractivity contribution is -0.0227. The van der Waals surface area contributed by atoms with Crippen LogP contribution in [0.1, 0.15) is 57.8 Å². The first kappa shape index (κ1) is 12.9. The molecule has 2 aliphatic heterocycles. The standard InChI is InChI=1S/C15H28N2O/c18-15-9-2-1-8-14(15)17-11-4-3-7-13(17)12-6-5-10-16-12/h12-16,18H,1-11H2. The molecule has 0 aromatic rings. The molecule has 3 aliphatic rings. The summed E-state index contributed by atoms with van der Waals surface area (Å²) in [6.45, 7) is 2.41. The van der Waals surface area contributed by atoms with Gasteiger partial charge in [0, 0.05) is 18.1 Å². The number of hydrogen-bond donors (Lipinski definition) is 2. The molecule has 4 atom stereocenters. The minimum absolute atomic E-state index is 0.0687. The minimum Gasteiger partial charge on any atom is -0.391 e. The van der Waals surface area contributed by atoms with Crippen LogP contribution in [0.3, 0.4) is 0 Å². The maximum atomic E-state index is 10.3. The molecule has 4 unspecified atom stereocenters. The summed E-state index contributed by atoms with van der Waals surface area (Å²) in [6, 6.07) is 1.84. The molecule has 3 heteroatoms. The molecule has 1 saturated carbocycles. The zero-order chi connectivity index (χ0) is 12.4. The highest BCUT2D eigenvalue weighted by atomic mass is 16.3. The summed E-state index contributed by atoms with van der Waals surface area (Å²) in [7, 11) is 0. The first-order valence-corrected chi connectivity index (χ1v) is 8.03. The third kappa shape index (κ3) is 2.59. The lowest BCUT2D eigenvalue weighted by atomic mass is 9.86. The van der Waals surface area contributed by atoms with E-state index < -0.39 is 0 Å². The molecule has 3 nitrogen and oxygen atoms in total. The van der Waals surface area contributed by atoms with Gasteiger partial charge in [-0.1, -0.05) is 19.3 Å². The number of aliphatic hydroxyl groups excluding tert-OH is 1. The van der Waals surface area contributed by atoms with Gasteiger partial charge >= 0.3 is 0 Å². The number of likely N-dealkylation sites (tertiary alicyclic amines) is 1. The van der Waals surface area contributed by atoms with Crippen LogP contribution in [0.2, 0.25) is 0 Å². The quantitative estimate of drug-likeness (QED) is 0.788. The Morgan fingerprint density at radius 3 is 2.39 bits per heavy atom. The topological polar surface area (TPSA) is 35.5 Å². The Kier molecular flexibility index (Phi) is 4.22. The van der Waals surface area contributed by atoms with Gasteiger partial charge in [-0.3, -0.25) is 4.90 Å². The zero-order valence-corrected chi connectivity index (χ0v) is 11.5. The van der Waals surface area contributed by atoms with E-state index in [4.69, 9.17) is 0 Å². The predicted octanol–water partition coefficient (Wildman–Crippen LogP) is 1.90. The molecule has 104 valence electrons. The number of hydrogen-bond acceptors (Lipinski definition) is 3. The molecule has 1 aliphatic carbocycles. The van der Waals surface area contributed by atoms with E-state index in [1.807, 2.05) is 0 Å². The van der Waals surface area contributed by atoms with Crippen LogP contribution in [-0.4, -0.2) is 47.3 Å². The Balaban J connectivity index is 1.69. The minimum atomic E-state index is -0.0687. The molecule has 0 bridgehead atoms. The second-order valence-electron chi connectivity index (χ2n) is 6.42. The fourth-order valence-corrected chi connectivity index (χ4v) is 4.34. The highest BCUT2D eigenvalue weighted by molar-refractivity contribution is 4.95. The summed E-state index contributed by atoms with van der Waals surface area (Å²) in [5.41, 5.74) is 0. The summed E-state index contributed by atoms with van der Waals surface area (Å²) in [5.74, 6) is 0. The average Bonchev–Trinajstić information content (AvgIpc) is 2.93. The number of aliphatic hydroxyl groups is 1. The van der Waals surface area contributed by atoms with Gasteiger partial charge in [-0.25, -0.2) is 0 Å². The van der Waals surface area contributed by atoms with Gasteiger partial charge in [-0.05, 0) is 51.6 Å². The third-order valence-electron chi connectivity index (χ3n) is 5.27. The van der Waals surface area contributed by atoms with Crippen molar-refractivity contribution in [2.24, 2.45) is 0 Å². The highest BCUT2D eigenvalue weighted by Crippen LogP contribution is 2.31. The van der Waals surface area contributed by atoms with Crippen LogP contribution in [0.15, 0.2) is 0 Å². The number of piperidine rings is 1. The van der Waals surface area contributed by atoms with Crippen molar-refractivity contribution in [2.75, 3.05) is 13.1 Å². The van der Waals surface area contributed by atoms with E-state index in [1.54, 1.807) is 0 Å². The molecular formula is C15H28N2O. The molecule has 0 amide bonds. The van der Waals surface area contributed by atoms with Gasteiger partial charge in [-0.2, -0.15) is 0 Å². The van der Waals surface area contributed by atoms with Crippen molar-refractivity contribution < 1.29 is 5.11 Å². The Labute approximate surface area is 111 Å². The average molecular weight is 252 g/mol. The lowest BCUT2D eigenvalue weighted by Gasteiger charge is -2.46. The predicted molar refractivity (Wildman–Crippen MR) is 73.6 cm³/mol. The maximum absolute atomic E-state index is 10.3. The van der Waals surface area contributed by atoms with Crippen LogP contribution < -0.4 is 5.32 Å². The van der Waals surface area contributed by atoms with Gasteiger partial charge in [0.1, 0.15) is 0 Å². The number of rotatable bonds is 2. The zero-order valence-electron chi connectivity index (χ0n) is 11.5. The van der Waals surface area contributed by atoms with Crippen molar-refractivity contribution in [1.29, 1.82) is 0 Å². The van der Waals surface area contributed by atoms with Crippen LogP contribution in [0.25, 0.3) is 0 Å². The molecule has 0 radical (unpaired) electrons. The normalized spacial score (nSPS) is 43.2. The second kappa shape index (κ2) is 5.89. The highest BCUT2D eigenvalue weighted by Gasteiger charge is 2.38. The largest absolute Gasteiger partial charge is 0.391 e. The van der Waals surface area contributed by atoms with Gasteiger partial charge in [0.2, 0.25) is 0 Å². The van der Waals surface area contributed by atoms with Gasteiger partial charge in [0.05, 0.1) is 6.10 Å². The molecule has 2 saturated heterocycles. The maximum Gasteiger partial charge on any atom is 0.0695 e. The Bertz CT molecular complexity index is 265. The van der Waals surface area contributed by atoms with E-state index in [2.05, 4.69) is 10.2 Å². The van der Waals surface area contributed by atoms with Gasteiger partial charge in [0.25, 0.3) is 0 Å². The Morgan fingerprint density at radius 2 is 1.61 bits per heavy atom. The van der Waals surface area contributed by atoms with Crippen LogP contribution >= 0.6 is 0 Å². The molecule has 0 spiro atoms. The van der Waals surface area contributed by atoms with Crippen LogP contribution in [0.5, 0.6) is 0 Å². The first-order valence-electron chi connectivity index (χ1n) is 8.03. The SMILES string of the molecule is OC1CCCCC1N1CCCCC1C1CCCN1. The fraction of sp³-hybridized carbons (Fsp3) is 1.00. The Hall–Kier alpha value is -0.120. The van der Waals surface area contributed by atoms with Crippen molar-refractivity contribution >= 4 is 0 Å². The first-order chi connectivity index (χ1) is 8.86. The number of nitrogens with one attached hydrogen (secondary N) is 1. The summed E-state index contributed by atoms with van der Waals surface area (Å²) >= 11 is 0. The van der Waals surface area contributed by atoms with E-state index in [9.17, 15) is 5.11 Å². The second-order valence-corrected chi connectivity index (χ2v) is 6.42. The van der Waals surface area contributed by atoms with Gasteiger partial charge < -0.3 is 10.4 Å². The van der Waals surface area contributed by atoms with Crippen molar-refractivity contribution in [2.45, 2.75) is 82.0 Å². The molecule has 3 fully saturated rings. The molecule has 18 heavy (non-hydrogen) atoms. The van der Waals surface area contributed by atoms with Crippen LogP contribution in [-0.2, 0) is 0 Å².